The highest BCUT2D eigenvalue weighted by atomic mass is 16.2. The smallest absolute Gasteiger partial charge is 0.245 e. The molecule has 5 nitrogen and oxygen atoms in total. The van der Waals surface area contributed by atoms with Gasteiger partial charge in [-0.2, -0.15) is 0 Å². The molecule has 0 bridgehead atoms. The minimum Gasteiger partial charge on any atom is -0.357 e. The Labute approximate surface area is 116 Å². The molecule has 4 rings (SSSR count). The lowest BCUT2D eigenvalue weighted by Gasteiger charge is -2.41. The summed E-state index contributed by atoms with van der Waals surface area (Å²) in [5.74, 6) is 0.0712. The van der Waals surface area contributed by atoms with Gasteiger partial charge in [0.05, 0.1) is 13.1 Å². The van der Waals surface area contributed by atoms with Crippen LogP contribution >= 0.6 is 0 Å². The Morgan fingerprint density at radius 3 is 2.85 bits per heavy atom. The maximum absolute atomic E-state index is 12.3. The number of aromatic amines is 1. The molecule has 0 radical (unpaired) electrons. The summed E-state index contributed by atoms with van der Waals surface area (Å²) in [5, 5.41) is 1.16. The van der Waals surface area contributed by atoms with Crippen LogP contribution in [-0.2, 0) is 22.6 Å². The van der Waals surface area contributed by atoms with Gasteiger partial charge in [0.2, 0.25) is 11.8 Å². The van der Waals surface area contributed by atoms with Crippen molar-refractivity contribution in [2.24, 2.45) is 0 Å². The number of hydrogen-bond donors (Lipinski definition) is 1. The van der Waals surface area contributed by atoms with Crippen LogP contribution in [0.2, 0.25) is 0 Å². The van der Waals surface area contributed by atoms with Gasteiger partial charge < -0.3 is 14.8 Å². The lowest BCUT2D eigenvalue weighted by Crippen LogP contribution is -2.60. The number of carbonyl (C=O) groups is 2. The second-order valence-corrected chi connectivity index (χ2v) is 5.56. The highest BCUT2D eigenvalue weighted by Crippen LogP contribution is 2.32. The van der Waals surface area contributed by atoms with Gasteiger partial charge in [-0.3, -0.25) is 9.59 Å². The van der Waals surface area contributed by atoms with Gasteiger partial charge in [-0.25, -0.2) is 0 Å². The molecule has 0 aliphatic carbocycles. The van der Waals surface area contributed by atoms with Crippen LogP contribution in [0.25, 0.3) is 10.9 Å². The number of likely N-dealkylation sites (N-methyl/N-ethyl adjacent to an activating group) is 1. The van der Waals surface area contributed by atoms with Crippen molar-refractivity contribution in [2.45, 2.75) is 19.0 Å². The number of rotatable bonds is 0. The Morgan fingerprint density at radius 1 is 1.20 bits per heavy atom. The van der Waals surface area contributed by atoms with Crippen LogP contribution in [-0.4, -0.2) is 46.2 Å². The van der Waals surface area contributed by atoms with Crippen LogP contribution in [0, 0.1) is 0 Å². The predicted octanol–water partition coefficient (Wildman–Crippen LogP) is 0.893. The molecule has 1 atom stereocenters. The normalized spacial score (nSPS) is 22.1. The van der Waals surface area contributed by atoms with Crippen LogP contribution in [0.1, 0.15) is 11.3 Å². The van der Waals surface area contributed by atoms with Gasteiger partial charge in [0.15, 0.2) is 0 Å². The third-order valence-electron chi connectivity index (χ3n) is 4.36. The number of fused-ring (bicyclic) bond motifs is 4. The monoisotopic (exact) mass is 269 g/mol. The van der Waals surface area contributed by atoms with Crippen molar-refractivity contribution in [3.8, 4) is 0 Å². The maximum atomic E-state index is 12.3. The summed E-state index contributed by atoms with van der Waals surface area (Å²) in [6, 6.07) is 7.75. The summed E-state index contributed by atoms with van der Waals surface area (Å²) in [7, 11) is 1.70. The van der Waals surface area contributed by atoms with E-state index in [2.05, 4.69) is 11.1 Å². The van der Waals surface area contributed by atoms with Crippen molar-refractivity contribution in [1.82, 2.24) is 14.8 Å². The minimum absolute atomic E-state index is 0.0291. The van der Waals surface area contributed by atoms with E-state index >= 15 is 0 Å². The molecule has 2 aliphatic heterocycles. The fourth-order valence-electron chi connectivity index (χ4n) is 3.32. The summed E-state index contributed by atoms with van der Waals surface area (Å²) in [6.45, 7) is 0.692. The zero-order chi connectivity index (χ0) is 13.9. The van der Waals surface area contributed by atoms with Crippen molar-refractivity contribution < 1.29 is 9.59 Å². The average Bonchev–Trinajstić information content (AvgIpc) is 2.81. The first kappa shape index (κ1) is 11.5. The van der Waals surface area contributed by atoms with Gasteiger partial charge in [0.25, 0.3) is 0 Å². The van der Waals surface area contributed by atoms with Crippen molar-refractivity contribution in [1.29, 1.82) is 0 Å². The Morgan fingerprint density at radius 2 is 2.00 bits per heavy atom. The number of benzene rings is 1. The Bertz CT molecular complexity index is 734. The number of H-pyrrole nitrogens is 1. The van der Waals surface area contributed by atoms with Crippen molar-refractivity contribution in [3.05, 3.63) is 35.5 Å². The van der Waals surface area contributed by atoms with Gasteiger partial charge >= 0.3 is 0 Å². The topological polar surface area (TPSA) is 56.4 Å². The first-order valence-electron chi connectivity index (χ1n) is 6.78. The molecule has 1 saturated heterocycles. The van der Waals surface area contributed by atoms with E-state index in [9.17, 15) is 9.59 Å². The molecule has 0 unspecified atom stereocenters. The number of piperazine rings is 1. The van der Waals surface area contributed by atoms with Gasteiger partial charge in [0, 0.05) is 30.1 Å². The largest absolute Gasteiger partial charge is 0.357 e. The van der Waals surface area contributed by atoms with Gasteiger partial charge in [-0.15, -0.1) is 0 Å². The summed E-state index contributed by atoms with van der Waals surface area (Å²) in [5.41, 5.74) is 3.32. The fraction of sp³-hybridized carbons (Fsp3) is 0.333. The molecule has 1 aromatic heterocycles. The van der Waals surface area contributed by atoms with E-state index in [0.29, 0.717) is 13.0 Å². The van der Waals surface area contributed by atoms with E-state index in [-0.39, 0.29) is 24.4 Å². The number of nitrogens with one attached hydrogen (secondary N) is 1. The average molecular weight is 269 g/mol. The third kappa shape index (κ3) is 1.43. The van der Waals surface area contributed by atoms with Crippen LogP contribution < -0.4 is 0 Å². The molecule has 1 aromatic carbocycles. The number of nitrogens with zero attached hydrogens (tertiary/aromatic N) is 2. The van der Waals surface area contributed by atoms with E-state index < -0.39 is 0 Å². The Balaban J connectivity index is 1.84. The summed E-state index contributed by atoms with van der Waals surface area (Å²) in [6.07, 6.45) is 0.605. The van der Waals surface area contributed by atoms with E-state index in [1.807, 2.05) is 18.2 Å². The zero-order valence-electron chi connectivity index (χ0n) is 11.2. The number of aromatic nitrogens is 1. The molecular weight excluding hydrogens is 254 g/mol. The summed E-state index contributed by atoms with van der Waals surface area (Å²) >= 11 is 0. The van der Waals surface area contributed by atoms with Crippen molar-refractivity contribution >= 4 is 22.7 Å². The van der Waals surface area contributed by atoms with E-state index in [1.54, 1.807) is 11.9 Å². The fourth-order valence-corrected chi connectivity index (χ4v) is 3.32. The van der Waals surface area contributed by atoms with Gasteiger partial charge in [-0.1, -0.05) is 18.2 Å². The van der Waals surface area contributed by atoms with Crippen LogP contribution in [0.4, 0.5) is 0 Å². The number of carbonyl (C=O) groups excluding carboxylic acids is 2. The van der Waals surface area contributed by atoms with Gasteiger partial charge in [-0.05, 0) is 11.6 Å². The molecule has 1 fully saturated rings. The quantitative estimate of drug-likeness (QED) is 0.772. The maximum Gasteiger partial charge on any atom is 0.245 e. The summed E-state index contributed by atoms with van der Waals surface area (Å²) < 4.78 is 0. The zero-order valence-corrected chi connectivity index (χ0v) is 11.2. The molecule has 2 aliphatic rings. The molecular formula is C15H15N3O2. The molecule has 102 valence electrons. The van der Waals surface area contributed by atoms with Crippen LogP contribution in [0.3, 0.4) is 0 Å². The molecule has 2 amide bonds. The first-order chi connectivity index (χ1) is 9.65. The predicted molar refractivity (Wildman–Crippen MR) is 74.0 cm³/mol. The lowest BCUT2D eigenvalue weighted by atomic mass is 9.94. The lowest BCUT2D eigenvalue weighted by molar-refractivity contribution is -0.155. The number of para-hydroxylation sites is 1. The van der Waals surface area contributed by atoms with Crippen molar-refractivity contribution in [3.63, 3.8) is 0 Å². The second kappa shape index (κ2) is 3.85. The first-order valence-corrected chi connectivity index (χ1v) is 6.78. The van der Waals surface area contributed by atoms with Crippen molar-refractivity contribution in [2.75, 3.05) is 13.6 Å². The Hall–Kier alpha value is -2.30. The molecule has 3 heterocycles. The van der Waals surface area contributed by atoms with Gasteiger partial charge in [0.1, 0.15) is 6.04 Å². The molecule has 0 spiro atoms. The molecule has 5 heteroatoms. The van der Waals surface area contributed by atoms with Crippen LogP contribution in [0.5, 0.6) is 0 Å². The number of amides is 2. The minimum atomic E-state index is -0.340. The number of hydrogen-bond acceptors (Lipinski definition) is 2. The van der Waals surface area contributed by atoms with Crippen LogP contribution in [0.15, 0.2) is 24.3 Å². The Kier molecular flexibility index (Phi) is 2.22. The second-order valence-electron chi connectivity index (χ2n) is 5.56. The van der Waals surface area contributed by atoms with E-state index in [0.717, 1.165) is 16.6 Å². The summed E-state index contributed by atoms with van der Waals surface area (Å²) in [4.78, 5) is 31.0. The third-order valence-corrected chi connectivity index (χ3v) is 4.36. The molecule has 1 N–H and O–H groups in total. The SMILES string of the molecule is CN1CC(=O)N2Cc3[nH]c4ccccc4c3C[C@@H]2C1=O. The molecule has 20 heavy (non-hydrogen) atoms. The van der Waals surface area contributed by atoms with E-state index in [4.69, 9.17) is 0 Å². The molecule has 0 saturated carbocycles. The van der Waals surface area contributed by atoms with E-state index in [1.165, 1.54) is 10.5 Å². The molecule has 2 aromatic rings. The standard InChI is InChI=1S/C15H15N3O2/c1-17-8-14(19)18-7-12-10(6-13(18)15(17)20)9-4-2-3-5-11(9)16-12/h2-5,13,16H,6-8H2,1H3/t13-/m1/s1. The highest BCUT2D eigenvalue weighted by molar-refractivity contribution is 5.96. The highest BCUT2D eigenvalue weighted by Gasteiger charge is 2.41.